The molecular formula is C25H28N2O5. The van der Waals surface area contributed by atoms with Crippen molar-refractivity contribution in [2.75, 3.05) is 20.3 Å². The van der Waals surface area contributed by atoms with E-state index in [4.69, 9.17) is 14.2 Å². The molecule has 2 aromatic carbocycles. The quantitative estimate of drug-likeness (QED) is 0.186. The number of esters is 1. The summed E-state index contributed by atoms with van der Waals surface area (Å²) in [4.78, 5) is 24.2. The number of nitrogens with zero attached hydrogens (tertiary/aromatic N) is 1. The van der Waals surface area contributed by atoms with Gasteiger partial charge in [-0.3, -0.25) is 9.59 Å². The van der Waals surface area contributed by atoms with Gasteiger partial charge < -0.3 is 19.5 Å². The van der Waals surface area contributed by atoms with Crippen molar-refractivity contribution in [3.8, 4) is 23.3 Å². The van der Waals surface area contributed by atoms with Crippen molar-refractivity contribution < 1.29 is 23.8 Å². The zero-order chi connectivity index (χ0) is 23.3. The zero-order valence-corrected chi connectivity index (χ0v) is 18.6. The molecule has 7 nitrogen and oxygen atoms in total. The fraction of sp³-hybridized carbons (Fsp3) is 0.320. The first-order valence-electron chi connectivity index (χ1n) is 10.4. The first-order valence-corrected chi connectivity index (χ1v) is 10.4. The molecule has 1 N–H and O–H groups in total. The number of nitrogens with one attached hydrogen (secondary N) is 1. The first kappa shape index (κ1) is 24.5. The standard InChI is InChI=1S/C25H28N2O5/c1-4-13-27-25(29)20(17-26)15-19-9-12-22(23(16-19)30-3)32-24(28)6-5-14-31-21-10-7-18(2)8-11-21/h7-12,15-16H,4-6,13-14H2,1-3H3,(H,27,29)/b20-15+. The first-order chi connectivity index (χ1) is 15.5. The van der Waals surface area contributed by atoms with E-state index in [0.29, 0.717) is 30.9 Å². The second-order valence-electron chi connectivity index (χ2n) is 7.08. The molecule has 0 aromatic heterocycles. The van der Waals surface area contributed by atoms with Gasteiger partial charge in [0.1, 0.15) is 17.4 Å². The lowest BCUT2D eigenvalue weighted by Crippen LogP contribution is -2.25. The molecule has 0 saturated heterocycles. The molecule has 2 rings (SSSR count). The largest absolute Gasteiger partial charge is 0.494 e. The van der Waals surface area contributed by atoms with Crippen molar-refractivity contribution >= 4 is 18.0 Å². The number of methoxy groups -OCH3 is 1. The Balaban J connectivity index is 1.93. The number of carbonyl (C=O) groups is 2. The van der Waals surface area contributed by atoms with Crippen LogP contribution in [-0.4, -0.2) is 32.1 Å². The van der Waals surface area contributed by atoms with Gasteiger partial charge in [-0.1, -0.05) is 30.7 Å². The van der Waals surface area contributed by atoms with E-state index < -0.39 is 11.9 Å². The summed E-state index contributed by atoms with van der Waals surface area (Å²) >= 11 is 0. The van der Waals surface area contributed by atoms with Crippen molar-refractivity contribution in [3.05, 3.63) is 59.2 Å². The summed E-state index contributed by atoms with van der Waals surface area (Å²) in [6.45, 7) is 4.82. The van der Waals surface area contributed by atoms with Crippen molar-refractivity contribution in [3.63, 3.8) is 0 Å². The molecule has 0 saturated carbocycles. The van der Waals surface area contributed by atoms with E-state index in [1.54, 1.807) is 18.2 Å². The van der Waals surface area contributed by atoms with Crippen LogP contribution in [0, 0.1) is 18.3 Å². The summed E-state index contributed by atoms with van der Waals surface area (Å²) in [6, 6.07) is 14.4. The lowest BCUT2D eigenvalue weighted by molar-refractivity contribution is -0.134. The molecule has 0 bridgehead atoms. The van der Waals surface area contributed by atoms with Crippen LogP contribution in [0.2, 0.25) is 0 Å². The van der Waals surface area contributed by atoms with Gasteiger partial charge in [0, 0.05) is 13.0 Å². The van der Waals surface area contributed by atoms with Crippen LogP contribution in [0.4, 0.5) is 0 Å². The van der Waals surface area contributed by atoms with Gasteiger partial charge in [-0.25, -0.2) is 0 Å². The van der Waals surface area contributed by atoms with Gasteiger partial charge in [0.15, 0.2) is 11.5 Å². The van der Waals surface area contributed by atoms with Crippen LogP contribution in [-0.2, 0) is 9.59 Å². The lowest BCUT2D eigenvalue weighted by atomic mass is 10.1. The van der Waals surface area contributed by atoms with Crippen LogP contribution in [0.5, 0.6) is 17.2 Å². The summed E-state index contributed by atoms with van der Waals surface area (Å²) in [5.74, 6) is 0.513. The number of benzene rings is 2. The number of rotatable bonds is 11. The average molecular weight is 437 g/mol. The zero-order valence-electron chi connectivity index (χ0n) is 18.6. The molecule has 0 atom stereocenters. The molecule has 1 amide bonds. The van der Waals surface area contributed by atoms with Gasteiger partial charge in [0.25, 0.3) is 5.91 Å². The molecule has 2 aromatic rings. The van der Waals surface area contributed by atoms with Crippen molar-refractivity contribution in [1.29, 1.82) is 5.26 Å². The third kappa shape index (κ3) is 7.80. The van der Waals surface area contributed by atoms with E-state index in [1.165, 1.54) is 13.2 Å². The minimum atomic E-state index is -0.434. The predicted molar refractivity (Wildman–Crippen MR) is 121 cm³/mol. The number of hydrogen-bond acceptors (Lipinski definition) is 6. The molecule has 0 radical (unpaired) electrons. The fourth-order valence-electron chi connectivity index (χ4n) is 2.72. The number of nitriles is 1. The third-order valence-corrected chi connectivity index (χ3v) is 4.44. The maximum atomic E-state index is 12.2. The minimum absolute atomic E-state index is 0.0150. The van der Waals surface area contributed by atoms with Crippen molar-refractivity contribution in [1.82, 2.24) is 5.32 Å². The molecule has 168 valence electrons. The Bertz CT molecular complexity index is 990. The van der Waals surface area contributed by atoms with Crippen LogP contribution in [0.1, 0.15) is 37.3 Å². The number of carbonyl (C=O) groups excluding carboxylic acids is 2. The Hall–Kier alpha value is -3.79. The van der Waals surface area contributed by atoms with Gasteiger partial charge in [-0.2, -0.15) is 5.26 Å². The second-order valence-corrected chi connectivity index (χ2v) is 7.08. The molecule has 0 fully saturated rings. The minimum Gasteiger partial charge on any atom is -0.494 e. The van der Waals surface area contributed by atoms with Crippen LogP contribution >= 0.6 is 0 Å². The highest BCUT2D eigenvalue weighted by Gasteiger charge is 2.13. The normalized spacial score (nSPS) is 10.8. The monoisotopic (exact) mass is 436 g/mol. The smallest absolute Gasteiger partial charge is 0.311 e. The second kappa shape index (κ2) is 12.8. The molecular weight excluding hydrogens is 408 g/mol. The van der Waals surface area contributed by atoms with E-state index in [2.05, 4.69) is 5.32 Å². The highest BCUT2D eigenvalue weighted by molar-refractivity contribution is 6.01. The van der Waals surface area contributed by atoms with Crippen LogP contribution in [0.25, 0.3) is 6.08 Å². The number of amides is 1. The van der Waals surface area contributed by atoms with Gasteiger partial charge in [0.05, 0.1) is 13.7 Å². The van der Waals surface area contributed by atoms with Crippen molar-refractivity contribution in [2.45, 2.75) is 33.1 Å². The van der Waals surface area contributed by atoms with E-state index in [9.17, 15) is 14.9 Å². The van der Waals surface area contributed by atoms with Crippen LogP contribution in [0.3, 0.4) is 0 Å². The Morgan fingerprint density at radius 2 is 1.88 bits per heavy atom. The third-order valence-electron chi connectivity index (χ3n) is 4.44. The highest BCUT2D eigenvalue weighted by atomic mass is 16.6. The van der Waals surface area contributed by atoms with Gasteiger partial charge >= 0.3 is 5.97 Å². The van der Waals surface area contributed by atoms with Crippen molar-refractivity contribution in [2.24, 2.45) is 0 Å². The predicted octanol–water partition coefficient (Wildman–Crippen LogP) is 4.20. The van der Waals surface area contributed by atoms with Crippen LogP contribution < -0.4 is 19.5 Å². The number of hydrogen-bond donors (Lipinski definition) is 1. The molecule has 32 heavy (non-hydrogen) atoms. The van der Waals surface area contributed by atoms with E-state index in [-0.39, 0.29) is 17.7 Å². The van der Waals surface area contributed by atoms with Crippen LogP contribution in [0.15, 0.2) is 48.0 Å². The van der Waals surface area contributed by atoms with Gasteiger partial charge in [-0.15, -0.1) is 0 Å². The average Bonchev–Trinajstić information content (AvgIpc) is 2.80. The van der Waals surface area contributed by atoms with E-state index in [1.807, 2.05) is 44.2 Å². The van der Waals surface area contributed by atoms with E-state index in [0.717, 1.165) is 17.7 Å². The summed E-state index contributed by atoms with van der Waals surface area (Å²) in [6.07, 6.45) is 2.93. The number of ether oxygens (including phenoxy) is 3. The van der Waals surface area contributed by atoms with E-state index >= 15 is 0 Å². The SMILES string of the molecule is CCCNC(=O)/C(C#N)=C/c1ccc(OC(=O)CCCOc2ccc(C)cc2)c(OC)c1. The molecule has 0 spiro atoms. The Morgan fingerprint density at radius 1 is 1.12 bits per heavy atom. The van der Waals surface area contributed by atoms with Gasteiger partial charge in [0.2, 0.25) is 0 Å². The van der Waals surface area contributed by atoms with Gasteiger partial charge in [-0.05, 0) is 55.7 Å². The molecule has 0 unspecified atom stereocenters. The summed E-state index contributed by atoms with van der Waals surface area (Å²) in [5, 5.41) is 11.9. The fourth-order valence-corrected chi connectivity index (χ4v) is 2.72. The molecule has 0 aliphatic carbocycles. The lowest BCUT2D eigenvalue weighted by Gasteiger charge is -2.11. The topological polar surface area (TPSA) is 97.7 Å². The summed E-state index contributed by atoms with van der Waals surface area (Å²) in [5.41, 5.74) is 1.72. The maximum Gasteiger partial charge on any atom is 0.311 e. The molecule has 7 heteroatoms. The Labute approximate surface area is 188 Å². The maximum absolute atomic E-state index is 12.2. The molecule has 0 aliphatic rings. The highest BCUT2D eigenvalue weighted by Crippen LogP contribution is 2.29. The Kier molecular flexibility index (Phi) is 9.79. The summed E-state index contributed by atoms with van der Waals surface area (Å²) in [7, 11) is 1.45. The molecule has 0 heterocycles. The number of aryl methyl sites for hydroxylation is 1. The summed E-state index contributed by atoms with van der Waals surface area (Å²) < 4.78 is 16.3. The molecule has 0 aliphatic heterocycles. The Morgan fingerprint density at radius 3 is 2.53 bits per heavy atom.